The minimum Gasteiger partial charge on any atom is -0.298 e. The van der Waals surface area contributed by atoms with Crippen LogP contribution in [0.4, 0.5) is 13.9 Å². The summed E-state index contributed by atoms with van der Waals surface area (Å²) in [5.74, 6) is -3.39. The molecular weight excluding hydrogens is 412 g/mol. The maximum Gasteiger partial charge on any atom is 0.261 e. The normalized spacial score (nSPS) is 12.8. The van der Waals surface area contributed by atoms with E-state index >= 15 is 0 Å². The minimum atomic E-state index is -0.992. The molecule has 4 rings (SSSR count). The summed E-state index contributed by atoms with van der Waals surface area (Å²) < 4.78 is 26.5. The molecule has 0 saturated heterocycles. The van der Waals surface area contributed by atoms with Gasteiger partial charge in [-0.1, -0.05) is 6.08 Å². The maximum atomic E-state index is 13.4. The molecule has 30 heavy (non-hydrogen) atoms. The van der Waals surface area contributed by atoms with Gasteiger partial charge in [0, 0.05) is 23.1 Å². The summed E-state index contributed by atoms with van der Waals surface area (Å²) in [4.78, 5) is 42.5. The predicted molar refractivity (Wildman–Crippen MR) is 107 cm³/mol. The molecule has 1 aliphatic rings. The van der Waals surface area contributed by atoms with Crippen LogP contribution < -0.4 is 5.32 Å². The van der Waals surface area contributed by atoms with Gasteiger partial charge in [0.05, 0.1) is 16.8 Å². The number of hydrogen-bond acceptors (Lipinski definition) is 5. The lowest BCUT2D eigenvalue weighted by atomic mass is 10.1. The van der Waals surface area contributed by atoms with Crippen molar-refractivity contribution in [3.05, 3.63) is 82.8 Å². The predicted octanol–water partition coefficient (Wildman–Crippen LogP) is 4.12. The number of nitrogens with one attached hydrogen (secondary N) is 1. The smallest absolute Gasteiger partial charge is 0.261 e. The first-order valence-corrected chi connectivity index (χ1v) is 9.60. The topological polar surface area (TPSA) is 79.4 Å². The highest BCUT2D eigenvalue weighted by molar-refractivity contribution is 7.14. The van der Waals surface area contributed by atoms with Gasteiger partial charge in [0.2, 0.25) is 0 Å². The van der Waals surface area contributed by atoms with Gasteiger partial charge in [-0.15, -0.1) is 17.9 Å². The highest BCUT2D eigenvalue weighted by atomic mass is 32.1. The Morgan fingerprint density at radius 1 is 1.10 bits per heavy atom. The SMILES string of the molecule is C=CCN1C(=O)c2ccc(C(=O)Nc3nc(-c4ccc(F)c(F)c4)cs3)cc2C1=O. The Labute approximate surface area is 173 Å². The van der Waals surface area contributed by atoms with Crippen LogP contribution in [0.3, 0.4) is 0 Å². The van der Waals surface area contributed by atoms with E-state index in [0.717, 1.165) is 28.4 Å². The van der Waals surface area contributed by atoms with Crippen molar-refractivity contribution in [2.45, 2.75) is 0 Å². The molecule has 150 valence electrons. The van der Waals surface area contributed by atoms with Crippen LogP contribution in [0.2, 0.25) is 0 Å². The number of amides is 3. The van der Waals surface area contributed by atoms with Gasteiger partial charge in [-0.25, -0.2) is 13.8 Å². The fraction of sp³-hybridized carbons (Fsp3) is 0.0476. The molecule has 0 atom stereocenters. The minimum absolute atomic E-state index is 0.0831. The maximum absolute atomic E-state index is 13.4. The molecular formula is C21H13F2N3O3S. The molecule has 6 nitrogen and oxygen atoms in total. The monoisotopic (exact) mass is 425 g/mol. The second-order valence-corrected chi connectivity index (χ2v) is 7.25. The summed E-state index contributed by atoms with van der Waals surface area (Å²) >= 11 is 1.11. The zero-order chi connectivity index (χ0) is 21.4. The van der Waals surface area contributed by atoms with Crippen molar-refractivity contribution in [1.29, 1.82) is 0 Å². The van der Waals surface area contributed by atoms with E-state index in [4.69, 9.17) is 0 Å². The van der Waals surface area contributed by atoms with E-state index in [1.165, 1.54) is 30.3 Å². The number of hydrogen-bond donors (Lipinski definition) is 1. The molecule has 1 N–H and O–H groups in total. The van der Waals surface area contributed by atoms with Gasteiger partial charge in [0.1, 0.15) is 0 Å². The van der Waals surface area contributed by atoms with Crippen LogP contribution in [0.15, 0.2) is 54.4 Å². The van der Waals surface area contributed by atoms with Crippen molar-refractivity contribution in [1.82, 2.24) is 9.88 Å². The third-order valence-electron chi connectivity index (χ3n) is 4.48. The number of fused-ring (bicyclic) bond motifs is 1. The van der Waals surface area contributed by atoms with Crippen molar-refractivity contribution in [3.8, 4) is 11.3 Å². The van der Waals surface area contributed by atoms with Crippen LogP contribution in [0.25, 0.3) is 11.3 Å². The molecule has 0 fully saturated rings. The molecule has 3 aromatic rings. The molecule has 0 bridgehead atoms. The van der Waals surface area contributed by atoms with Gasteiger partial charge in [-0.3, -0.25) is 24.6 Å². The molecule has 3 amide bonds. The molecule has 0 unspecified atom stereocenters. The lowest BCUT2D eigenvalue weighted by Gasteiger charge is -2.09. The lowest BCUT2D eigenvalue weighted by molar-refractivity contribution is 0.0672. The molecule has 1 aromatic heterocycles. The number of thiazole rings is 1. The first-order valence-electron chi connectivity index (χ1n) is 8.72. The molecule has 2 heterocycles. The van der Waals surface area contributed by atoms with Crippen LogP contribution in [0.1, 0.15) is 31.1 Å². The molecule has 0 aliphatic carbocycles. The zero-order valence-corrected chi connectivity index (χ0v) is 16.1. The number of benzene rings is 2. The first-order chi connectivity index (χ1) is 14.4. The number of imide groups is 1. The van der Waals surface area contributed by atoms with Gasteiger partial charge in [-0.2, -0.15) is 0 Å². The van der Waals surface area contributed by atoms with E-state index in [0.29, 0.717) is 11.3 Å². The number of nitrogens with zero attached hydrogens (tertiary/aromatic N) is 2. The van der Waals surface area contributed by atoms with Crippen LogP contribution in [-0.4, -0.2) is 34.2 Å². The number of halogens is 2. The summed E-state index contributed by atoms with van der Waals surface area (Å²) in [6.45, 7) is 3.61. The first kappa shape index (κ1) is 19.6. The number of carbonyl (C=O) groups is 3. The van der Waals surface area contributed by atoms with Gasteiger partial charge in [0.25, 0.3) is 17.7 Å². The Kier molecular flexibility index (Phi) is 4.96. The average molecular weight is 425 g/mol. The fourth-order valence-corrected chi connectivity index (χ4v) is 3.73. The van der Waals surface area contributed by atoms with E-state index in [1.54, 1.807) is 5.38 Å². The van der Waals surface area contributed by atoms with Gasteiger partial charge in [-0.05, 0) is 36.4 Å². The summed E-state index contributed by atoms with van der Waals surface area (Å²) in [6, 6.07) is 7.65. The molecule has 2 aromatic carbocycles. The van der Waals surface area contributed by atoms with Gasteiger partial charge < -0.3 is 0 Å². The number of anilines is 1. The van der Waals surface area contributed by atoms with E-state index in [2.05, 4.69) is 16.9 Å². The quantitative estimate of drug-likeness (QED) is 0.493. The van der Waals surface area contributed by atoms with E-state index < -0.39 is 29.4 Å². The second kappa shape index (κ2) is 7.60. The van der Waals surface area contributed by atoms with Gasteiger partial charge in [0.15, 0.2) is 16.8 Å². The zero-order valence-electron chi connectivity index (χ0n) is 15.3. The summed E-state index contributed by atoms with van der Waals surface area (Å²) in [5, 5.41) is 4.45. The largest absolute Gasteiger partial charge is 0.298 e. The summed E-state index contributed by atoms with van der Waals surface area (Å²) in [5.41, 5.74) is 1.31. The molecule has 1 aliphatic heterocycles. The second-order valence-electron chi connectivity index (χ2n) is 6.39. The number of rotatable bonds is 5. The van der Waals surface area contributed by atoms with Crippen molar-refractivity contribution >= 4 is 34.2 Å². The Balaban J connectivity index is 1.54. The van der Waals surface area contributed by atoms with Crippen molar-refractivity contribution in [2.75, 3.05) is 11.9 Å². The third kappa shape index (κ3) is 3.39. The van der Waals surface area contributed by atoms with Gasteiger partial charge >= 0.3 is 0 Å². The van der Waals surface area contributed by atoms with Crippen molar-refractivity contribution in [2.24, 2.45) is 0 Å². The third-order valence-corrected chi connectivity index (χ3v) is 5.24. The Morgan fingerprint density at radius 2 is 1.87 bits per heavy atom. The van der Waals surface area contributed by atoms with Crippen LogP contribution in [0.5, 0.6) is 0 Å². The van der Waals surface area contributed by atoms with Crippen molar-refractivity contribution < 1.29 is 23.2 Å². The highest BCUT2D eigenvalue weighted by Crippen LogP contribution is 2.27. The summed E-state index contributed by atoms with van der Waals surface area (Å²) in [7, 11) is 0. The molecule has 0 radical (unpaired) electrons. The summed E-state index contributed by atoms with van der Waals surface area (Å²) in [6.07, 6.45) is 1.45. The van der Waals surface area contributed by atoms with Crippen molar-refractivity contribution in [3.63, 3.8) is 0 Å². The fourth-order valence-electron chi connectivity index (χ4n) is 3.02. The van der Waals surface area contributed by atoms with Crippen LogP contribution in [0, 0.1) is 11.6 Å². The molecule has 9 heteroatoms. The Hall–Kier alpha value is -3.72. The number of aromatic nitrogens is 1. The van der Waals surface area contributed by atoms with E-state index in [1.807, 2.05) is 0 Å². The lowest BCUT2D eigenvalue weighted by Crippen LogP contribution is -2.29. The highest BCUT2D eigenvalue weighted by Gasteiger charge is 2.35. The molecule has 0 spiro atoms. The van der Waals surface area contributed by atoms with E-state index in [-0.39, 0.29) is 28.4 Å². The Bertz CT molecular complexity index is 1220. The number of carbonyl (C=O) groups excluding carboxylic acids is 3. The van der Waals surface area contributed by atoms with Crippen LogP contribution >= 0.6 is 11.3 Å². The standard InChI is InChI=1S/C21H13F2N3O3S/c1-2-7-26-19(28)13-5-3-12(8-14(13)20(26)29)18(27)25-21-24-17(10-30-21)11-4-6-15(22)16(23)9-11/h2-6,8-10H,1,7H2,(H,24,25,27). The Morgan fingerprint density at radius 3 is 2.60 bits per heavy atom. The van der Waals surface area contributed by atoms with Crippen LogP contribution in [-0.2, 0) is 0 Å². The van der Waals surface area contributed by atoms with E-state index in [9.17, 15) is 23.2 Å². The molecule has 0 saturated carbocycles. The average Bonchev–Trinajstić information content (AvgIpc) is 3.29.